The number of nitrogens with two attached hydrogens (primary N) is 1. The van der Waals surface area contributed by atoms with Crippen molar-refractivity contribution < 1.29 is 4.79 Å². The van der Waals surface area contributed by atoms with Gasteiger partial charge in [-0.3, -0.25) is 4.79 Å². The second kappa shape index (κ2) is 6.08. The van der Waals surface area contributed by atoms with E-state index in [1.54, 1.807) is 29.5 Å². The topological polar surface area (TPSA) is 55.1 Å². The van der Waals surface area contributed by atoms with Crippen molar-refractivity contribution in [1.82, 2.24) is 0 Å². The van der Waals surface area contributed by atoms with Crippen LogP contribution in [0.15, 0.2) is 30.3 Å². The third kappa shape index (κ3) is 3.49. The van der Waals surface area contributed by atoms with Gasteiger partial charge in [-0.05, 0) is 36.8 Å². The van der Waals surface area contributed by atoms with E-state index in [0.717, 1.165) is 18.7 Å². The molecule has 0 unspecified atom stereocenters. The molecular weight excluding hydrogens is 280 g/mol. The Kier molecular flexibility index (Phi) is 4.45. The van der Waals surface area contributed by atoms with Crippen molar-refractivity contribution in [2.45, 2.75) is 19.9 Å². The summed E-state index contributed by atoms with van der Waals surface area (Å²) >= 11 is 7.79. The molecular formula is C14H15ClN2OS. The van der Waals surface area contributed by atoms with Crippen molar-refractivity contribution in [1.29, 1.82) is 0 Å². The van der Waals surface area contributed by atoms with Gasteiger partial charge < -0.3 is 11.1 Å². The Hall–Kier alpha value is -1.52. The van der Waals surface area contributed by atoms with E-state index in [2.05, 4.69) is 24.4 Å². The van der Waals surface area contributed by atoms with Crippen LogP contribution >= 0.6 is 22.9 Å². The van der Waals surface area contributed by atoms with E-state index in [-0.39, 0.29) is 0 Å². The van der Waals surface area contributed by atoms with Gasteiger partial charge in [0.2, 0.25) is 5.91 Å². The Labute approximate surface area is 121 Å². The molecule has 2 rings (SSSR count). The van der Waals surface area contributed by atoms with Gasteiger partial charge in [-0.1, -0.05) is 18.5 Å². The highest BCUT2D eigenvalue weighted by Crippen LogP contribution is 2.22. The smallest absolute Gasteiger partial charge is 0.250 e. The molecule has 0 bridgehead atoms. The van der Waals surface area contributed by atoms with E-state index in [1.807, 2.05) is 0 Å². The van der Waals surface area contributed by atoms with Gasteiger partial charge in [0.05, 0.1) is 10.6 Å². The number of hydrogen-bond acceptors (Lipinski definition) is 3. The number of hydrogen-bond donors (Lipinski definition) is 2. The summed E-state index contributed by atoms with van der Waals surface area (Å²) in [5.74, 6) is -0.512. The number of primary amides is 1. The Bertz CT molecular complexity index is 595. The van der Waals surface area contributed by atoms with Gasteiger partial charge in [0, 0.05) is 22.0 Å². The Balaban J connectivity index is 2.03. The molecule has 1 aromatic heterocycles. The summed E-state index contributed by atoms with van der Waals surface area (Å²) in [7, 11) is 0. The first-order valence-corrected chi connectivity index (χ1v) is 7.20. The fourth-order valence-electron chi connectivity index (χ4n) is 1.72. The lowest BCUT2D eigenvalue weighted by molar-refractivity contribution is 0.100. The van der Waals surface area contributed by atoms with E-state index in [0.29, 0.717) is 10.6 Å². The van der Waals surface area contributed by atoms with Crippen LogP contribution in [0.3, 0.4) is 0 Å². The van der Waals surface area contributed by atoms with E-state index < -0.39 is 5.91 Å². The minimum absolute atomic E-state index is 0.344. The average Bonchev–Trinajstić information content (AvgIpc) is 2.84. The predicted molar refractivity (Wildman–Crippen MR) is 81.0 cm³/mol. The molecule has 3 N–H and O–H groups in total. The molecule has 0 aliphatic rings. The van der Waals surface area contributed by atoms with Crippen LogP contribution < -0.4 is 11.1 Å². The normalized spacial score (nSPS) is 10.4. The molecule has 0 radical (unpaired) electrons. The summed E-state index contributed by atoms with van der Waals surface area (Å²) < 4.78 is 0. The Morgan fingerprint density at radius 2 is 2.05 bits per heavy atom. The van der Waals surface area contributed by atoms with E-state index >= 15 is 0 Å². The lowest BCUT2D eigenvalue weighted by atomic mass is 10.2. The van der Waals surface area contributed by atoms with Gasteiger partial charge in [-0.2, -0.15) is 0 Å². The van der Waals surface area contributed by atoms with Crippen molar-refractivity contribution in [2.75, 3.05) is 5.32 Å². The second-order valence-corrected chi connectivity index (χ2v) is 5.79. The molecule has 100 valence electrons. The molecule has 3 nitrogen and oxygen atoms in total. The van der Waals surface area contributed by atoms with Crippen LogP contribution in [-0.2, 0) is 13.0 Å². The Morgan fingerprint density at radius 3 is 2.63 bits per heavy atom. The van der Waals surface area contributed by atoms with Crippen molar-refractivity contribution in [3.63, 3.8) is 0 Å². The fourth-order valence-corrected chi connectivity index (χ4v) is 2.89. The third-order valence-corrected chi connectivity index (χ3v) is 4.31. The molecule has 0 saturated heterocycles. The maximum atomic E-state index is 11.1. The number of carbonyl (C=O) groups excluding carboxylic acids is 1. The standard InChI is InChI=1S/C14H15ClN2OS/c1-2-10-4-5-11(19-10)8-17-9-3-6-12(14(16)18)13(15)7-9/h3-7,17H,2,8H2,1H3,(H2,16,18). The van der Waals surface area contributed by atoms with Gasteiger partial charge in [-0.25, -0.2) is 0 Å². The average molecular weight is 295 g/mol. The minimum Gasteiger partial charge on any atom is -0.380 e. The number of amides is 1. The van der Waals surface area contributed by atoms with Crippen molar-refractivity contribution in [3.8, 4) is 0 Å². The zero-order valence-corrected chi connectivity index (χ0v) is 12.1. The van der Waals surface area contributed by atoms with E-state index in [4.69, 9.17) is 17.3 Å². The zero-order chi connectivity index (χ0) is 13.8. The summed E-state index contributed by atoms with van der Waals surface area (Å²) in [6, 6.07) is 9.43. The summed E-state index contributed by atoms with van der Waals surface area (Å²) in [6.07, 6.45) is 1.06. The van der Waals surface area contributed by atoms with Gasteiger partial charge in [-0.15, -0.1) is 11.3 Å². The lowest BCUT2D eigenvalue weighted by Gasteiger charge is -2.07. The van der Waals surface area contributed by atoms with Crippen LogP contribution in [0.2, 0.25) is 5.02 Å². The molecule has 0 atom stereocenters. The molecule has 19 heavy (non-hydrogen) atoms. The van der Waals surface area contributed by atoms with Crippen LogP contribution in [0.1, 0.15) is 27.0 Å². The summed E-state index contributed by atoms with van der Waals surface area (Å²) in [5.41, 5.74) is 6.43. The minimum atomic E-state index is -0.512. The van der Waals surface area contributed by atoms with Crippen molar-refractivity contribution in [2.24, 2.45) is 5.73 Å². The SMILES string of the molecule is CCc1ccc(CNc2ccc(C(N)=O)c(Cl)c2)s1. The highest BCUT2D eigenvalue weighted by molar-refractivity contribution is 7.12. The summed E-state index contributed by atoms with van der Waals surface area (Å²) in [6.45, 7) is 2.89. The predicted octanol–water partition coefficient (Wildman–Crippen LogP) is 3.67. The number of thiophene rings is 1. The second-order valence-electron chi connectivity index (χ2n) is 4.13. The third-order valence-electron chi connectivity index (χ3n) is 2.77. The van der Waals surface area contributed by atoms with Crippen LogP contribution in [-0.4, -0.2) is 5.91 Å². The number of aryl methyl sites for hydroxylation is 1. The van der Waals surface area contributed by atoms with Crippen LogP contribution in [0.25, 0.3) is 0 Å². The molecule has 0 saturated carbocycles. The number of halogens is 1. The molecule has 0 aliphatic carbocycles. The quantitative estimate of drug-likeness (QED) is 0.884. The highest BCUT2D eigenvalue weighted by atomic mass is 35.5. The van der Waals surface area contributed by atoms with Gasteiger partial charge in [0.25, 0.3) is 0 Å². The first-order chi connectivity index (χ1) is 9.10. The first-order valence-electron chi connectivity index (χ1n) is 6.01. The van der Waals surface area contributed by atoms with Crippen molar-refractivity contribution in [3.05, 3.63) is 50.7 Å². The molecule has 5 heteroatoms. The molecule has 1 aromatic carbocycles. The molecule has 1 amide bonds. The lowest BCUT2D eigenvalue weighted by Crippen LogP contribution is -2.11. The van der Waals surface area contributed by atoms with Gasteiger partial charge in [0.15, 0.2) is 0 Å². The summed E-state index contributed by atoms with van der Waals surface area (Å²) in [4.78, 5) is 13.7. The van der Waals surface area contributed by atoms with Crippen LogP contribution in [0, 0.1) is 0 Å². The fraction of sp³-hybridized carbons (Fsp3) is 0.214. The zero-order valence-electron chi connectivity index (χ0n) is 10.6. The van der Waals surface area contributed by atoms with Crippen molar-refractivity contribution >= 4 is 34.5 Å². The molecule has 2 aromatic rings. The summed E-state index contributed by atoms with van der Waals surface area (Å²) in [5, 5.41) is 3.65. The highest BCUT2D eigenvalue weighted by Gasteiger charge is 2.07. The molecule has 0 aliphatic heterocycles. The Morgan fingerprint density at radius 1 is 1.32 bits per heavy atom. The maximum Gasteiger partial charge on any atom is 0.250 e. The van der Waals surface area contributed by atoms with Gasteiger partial charge in [0.1, 0.15) is 0 Å². The largest absolute Gasteiger partial charge is 0.380 e. The van der Waals surface area contributed by atoms with E-state index in [9.17, 15) is 4.79 Å². The molecule has 1 heterocycles. The van der Waals surface area contributed by atoms with Crippen LogP contribution in [0.5, 0.6) is 0 Å². The maximum absolute atomic E-state index is 11.1. The van der Waals surface area contributed by atoms with Gasteiger partial charge >= 0.3 is 0 Å². The number of carbonyl (C=O) groups is 1. The molecule has 0 spiro atoms. The number of rotatable bonds is 5. The first kappa shape index (κ1) is 13.9. The number of anilines is 1. The molecule has 0 fully saturated rings. The van der Waals surface area contributed by atoms with Crippen LogP contribution in [0.4, 0.5) is 5.69 Å². The number of nitrogens with one attached hydrogen (secondary N) is 1. The number of benzene rings is 1. The monoisotopic (exact) mass is 294 g/mol. The van der Waals surface area contributed by atoms with E-state index in [1.165, 1.54) is 9.75 Å².